The van der Waals surface area contributed by atoms with Gasteiger partial charge in [-0.15, -0.1) is 0 Å². The molecule has 0 radical (unpaired) electrons. The van der Waals surface area contributed by atoms with E-state index in [1.54, 1.807) is 0 Å². The van der Waals surface area contributed by atoms with Crippen molar-refractivity contribution in [1.29, 1.82) is 0 Å². The van der Waals surface area contributed by atoms with Gasteiger partial charge in [0.05, 0.1) is 27.8 Å². The van der Waals surface area contributed by atoms with Crippen molar-refractivity contribution in [3.05, 3.63) is 255 Å². The molecule has 2 heterocycles. The highest BCUT2D eigenvalue weighted by Crippen LogP contribution is 2.43. The molecule has 0 N–H and O–H groups in total. The topological polar surface area (TPSA) is 9.86 Å². The summed E-state index contributed by atoms with van der Waals surface area (Å²) in [6, 6.07) is 94.3. The normalized spacial score (nSPS) is 11.8. The summed E-state index contributed by atoms with van der Waals surface area (Å²) in [6.45, 7) is 0. The fourth-order valence-corrected chi connectivity index (χ4v) is 15.2. The van der Waals surface area contributed by atoms with Crippen LogP contribution >= 0.6 is 0 Å². The predicted octanol–water partition coefficient (Wildman–Crippen LogP) is 12.6. The van der Waals surface area contributed by atoms with E-state index in [2.05, 4.69) is 264 Å². The summed E-state index contributed by atoms with van der Waals surface area (Å²) < 4.78 is 5.07. The highest BCUT2D eigenvalue weighted by Gasteiger charge is 2.41. The molecule has 0 saturated heterocycles. The minimum absolute atomic E-state index is 1.12. The molecule has 0 atom stereocenters. The van der Waals surface area contributed by atoms with E-state index in [0.717, 1.165) is 11.4 Å². The highest BCUT2D eigenvalue weighted by molar-refractivity contribution is 7.20. The molecule has 296 valence electrons. The third-order valence-corrected chi connectivity index (χ3v) is 17.8. The van der Waals surface area contributed by atoms with Crippen molar-refractivity contribution in [2.75, 3.05) is 0 Å². The molecular formula is C60H42N2Si. The number of para-hydroxylation sites is 2. The lowest BCUT2D eigenvalue weighted by molar-refractivity contribution is 1.13. The Labute approximate surface area is 368 Å². The van der Waals surface area contributed by atoms with Crippen molar-refractivity contribution in [3.63, 3.8) is 0 Å². The Kier molecular flexibility index (Phi) is 8.87. The van der Waals surface area contributed by atoms with Crippen LogP contribution in [0.5, 0.6) is 0 Å². The van der Waals surface area contributed by atoms with Gasteiger partial charge in [-0.05, 0) is 79.4 Å². The van der Waals surface area contributed by atoms with Gasteiger partial charge in [-0.2, -0.15) is 0 Å². The number of hydrogen-bond acceptors (Lipinski definition) is 0. The summed E-state index contributed by atoms with van der Waals surface area (Å²) in [7, 11) is -2.84. The molecule has 0 spiro atoms. The van der Waals surface area contributed by atoms with Crippen molar-refractivity contribution in [2.24, 2.45) is 0 Å². The largest absolute Gasteiger partial charge is 0.307 e. The van der Waals surface area contributed by atoms with Crippen LogP contribution in [0.15, 0.2) is 255 Å². The molecule has 10 aromatic carbocycles. The van der Waals surface area contributed by atoms with E-state index in [9.17, 15) is 0 Å². The Balaban J connectivity index is 1.22. The van der Waals surface area contributed by atoms with E-state index in [4.69, 9.17) is 0 Å². The zero-order valence-electron chi connectivity index (χ0n) is 34.6. The first-order chi connectivity index (χ1) is 31.3. The molecule has 3 heteroatoms. The van der Waals surface area contributed by atoms with Crippen LogP contribution in [0.4, 0.5) is 0 Å². The Bertz CT molecular complexity index is 3500. The minimum atomic E-state index is -2.84. The third-order valence-electron chi connectivity index (χ3n) is 13.1. The number of rotatable bonds is 8. The van der Waals surface area contributed by atoms with Gasteiger partial charge in [-0.1, -0.05) is 218 Å². The lowest BCUT2D eigenvalue weighted by atomic mass is 9.99. The molecule has 2 aromatic heterocycles. The standard InChI is InChI=1S/C60H42N2Si/c1-6-21-43(22-7-1)45-25-18-26-46(41-45)61-56-37-19-34-51(44-23-8-2-9-24-44)59(56)54-35-20-38-57(60(54)61)62-55-36-17-16-33-52(55)53-40-39-50(42-58(53)62)63(47-27-10-3-11-28-47,48-29-12-4-13-30-48)49-31-14-5-15-32-49/h1-42H. The molecule has 0 amide bonds. The minimum Gasteiger partial charge on any atom is -0.307 e. The Morgan fingerprint density at radius 3 is 1.46 bits per heavy atom. The first kappa shape index (κ1) is 36.8. The number of fused-ring (bicyclic) bond motifs is 6. The molecule has 0 bridgehead atoms. The molecule has 0 aliphatic carbocycles. The van der Waals surface area contributed by atoms with Gasteiger partial charge in [0.25, 0.3) is 0 Å². The first-order valence-corrected chi connectivity index (χ1v) is 23.8. The SMILES string of the molecule is c1ccc(-c2cccc(-n3c4cccc(-c5ccccc5)c4c4cccc(-n5c6ccccc6c6ccc([Si](c7ccccc7)(c7ccccc7)c7ccccc7)cc65)c43)c2)cc1. The van der Waals surface area contributed by atoms with E-state index >= 15 is 0 Å². The number of nitrogens with zero attached hydrogens (tertiary/aromatic N) is 2. The van der Waals surface area contributed by atoms with E-state index in [1.165, 1.54) is 86.6 Å². The molecule has 0 aliphatic heterocycles. The van der Waals surface area contributed by atoms with Gasteiger partial charge in [0.2, 0.25) is 0 Å². The summed E-state index contributed by atoms with van der Waals surface area (Å²) in [5.41, 5.74) is 11.8. The second-order valence-electron chi connectivity index (χ2n) is 16.4. The van der Waals surface area contributed by atoms with E-state index in [1.807, 2.05) is 0 Å². The molecule has 0 saturated carbocycles. The lowest BCUT2D eigenvalue weighted by Gasteiger charge is -2.34. The highest BCUT2D eigenvalue weighted by atomic mass is 28.3. The average molecular weight is 819 g/mol. The molecule has 0 fully saturated rings. The maximum atomic E-state index is 2.55. The smallest absolute Gasteiger partial charge is 0.179 e. The van der Waals surface area contributed by atoms with E-state index in [-0.39, 0.29) is 0 Å². The molecule has 12 aromatic rings. The summed E-state index contributed by atoms with van der Waals surface area (Å²) in [6.07, 6.45) is 0. The van der Waals surface area contributed by atoms with Crippen molar-refractivity contribution < 1.29 is 0 Å². The number of benzene rings is 10. The summed E-state index contributed by atoms with van der Waals surface area (Å²) in [5.74, 6) is 0. The van der Waals surface area contributed by atoms with Gasteiger partial charge in [-0.3, -0.25) is 0 Å². The molecule has 63 heavy (non-hydrogen) atoms. The van der Waals surface area contributed by atoms with Gasteiger partial charge in [0.1, 0.15) is 0 Å². The second-order valence-corrected chi connectivity index (χ2v) is 20.2. The van der Waals surface area contributed by atoms with Crippen LogP contribution < -0.4 is 20.7 Å². The average Bonchev–Trinajstić information content (AvgIpc) is 3.89. The number of hydrogen-bond donors (Lipinski definition) is 0. The quantitative estimate of drug-likeness (QED) is 0.107. The fraction of sp³-hybridized carbons (Fsp3) is 0. The first-order valence-electron chi connectivity index (χ1n) is 21.8. The Hall–Kier alpha value is -7.98. The monoisotopic (exact) mass is 818 g/mol. The van der Waals surface area contributed by atoms with Gasteiger partial charge >= 0.3 is 0 Å². The van der Waals surface area contributed by atoms with Crippen molar-refractivity contribution in [3.8, 4) is 33.6 Å². The van der Waals surface area contributed by atoms with Gasteiger partial charge in [0.15, 0.2) is 8.07 Å². The van der Waals surface area contributed by atoms with Crippen LogP contribution in [0, 0.1) is 0 Å². The summed E-state index contributed by atoms with van der Waals surface area (Å²) in [5, 5.41) is 10.4. The van der Waals surface area contributed by atoms with Crippen molar-refractivity contribution in [1.82, 2.24) is 9.13 Å². The van der Waals surface area contributed by atoms with Gasteiger partial charge < -0.3 is 9.13 Å². The molecule has 12 rings (SSSR count). The maximum Gasteiger partial charge on any atom is 0.179 e. The van der Waals surface area contributed by atoms with Crippen molar-refractivity contribution in [2.45, 2.75) is 0 Å². The van der Waals surface area contributed by atoms with Crippen LogP contribution in [0.25, 0.3) is 77.2 Å². The zero-order valence-corrected chi connectivity index (χ0v) is 35.6. The molecular weight excluding hydrogens is 777 g/mol. The van der Waals surface area contributed by atoms with Crippen LogP contribution in [-0.2, 0) is 0 Å². The van der Waals surface area contributed by atoms with Gasteiger partial charge in [-0.25, -0.2) is 0 Å². The van der Waals surface area contributed by atoms with Crippen LogP contribution in [-0.4, -0.2) is 17.2 Å². The number of aromatic nitrogens is 2. The third kappa shape index (κ3) is 5.85. The van der Waals surface area contributed by atoms with E-state index < -0.39 is 8.07 Å². The van der Waals surface area contributed by atoms with Gasteiger partial charge in [0, 0.05) is 27.2 Å². The summed E-state index contributed by atoms with van der Waals surface area (Å²) in [4.78, 5) is 0. The van der Waals surface area contributed by atoms with Crippen LogP contribution in [0.3, 0.4) is 0 Å². The lowest BCUT2D eigenvalue weighted by Crippen LogP contribution is -2.74. The van der Waals surface area contributed by atoms with Crippen molar-refractivity contribution >= 4 is 72.4 Å². The molecule has 0 aliphatic rings. The molecule has 2 nitrogen and oxygen atoms in total. The Morgan fingerprint density at radius 2 is 0.794 bits per heavy atom. The molecule has 0 unspecified atom stereocenters. The Morgan fingerprint density at radius 1 is 0.286 bits per heavy atom. The van der Waals surface area contributed by atoms with Crippen LogP contribution in [0.2, 0.25) is 0 Å². The van der Waals surface area contributed by atoms with Crippen LogP contribution in [0.1, 0.15) is 0 Å². The maximum absolute atomic E-state index is 2.84. The summed E-state index contributed by atoms with van der Waals surface area (Å²) >= 11 is 0. The second kappa shape index (κ2) is 15.2. The van der Waals surface area contributed by atoms with E-state index in [0.29, 0.717) is 0 Å². The predicted molar refractivity (Wildman–Crippen MR) is 270 cm³/mol. The zero-order chi connectivity index (χ0) is 41.7. The fourth-order valence-electron chi connectivity index (χ4n) is 10.4.